The fraction of sp³-hybridized carbons (Fsp3) is 0.529. The van der Waals surface area contributed by atoms with Crippen molar-refractivity contribution in [2.24, 2.45) is 5.73 Å². The second kappa shape index (κ2) is 5.58. The molecular weight excluding hydrogens is 246 g/mol. The maximum absolute atomic E-state index is 5.99. The number of nitrogens with zero attached hydrogens (tertiary/aromatic N) is 1. The lowest BCUT2D eigenvalue weighted by Gasteiger charge is -2.30. The van der Waals surface area contributed by atoms with Gasteiger partial charge < -0.3 is 10.7 Å². The van der Waals surface area contributed by atoms with Crippen molar-refractivity contribution in [2.45, 2.75) is 45.2 Å². The predicted octanol–water partition coefficient (Wildman–Crippen LogP) is 3.21. The van der Waals surface area contributed by atoms with Crippen molar-refractivity contribution in [3.63, 3.8) is 0 Å². The summed E-state index contributed by atoms with van der Waals surface area (Å²) in [6, 6.07) is 9.33. The zero-order valence-electron chi connectivity index (χ0n) is 12.5. The van der Waals surface area contributed by atoms with E-state index in [1.54, 1.807) is 0 Å². The first-order chi connectivity index (χ1) is 9.63. The van der Waals surface area contributed by atoms with Gasteiger partial charge in [-0.15, -0.1) is 0 Å². The molecule has 0 aliphatic carbocycles. The maximum atomic E-state index is 5.99. The fourth-order valence-corrected chi connectivity index (χ4v) is 3.04. The molecule has 0 bridgehead atoms. The summed E-state index contributed by atoms with van der Waals surface area (Å²) in [5.74, 6) is 0.545. The lowest BCUT2D eigenvalue weighted by atomic mass is 10.0. The first-order valence-corrected chi connectivity index (χ1v) is 7.72. The Balaban J connectivity index is 1.84. The van der Waals surface area contributed by atoms with E-state index in [0.29, 0.717) is 12.0 Å². The number of nitrogens with one attached hydrogen (secondary N) is 1. The SMILES string of the molecule is CC(C)c1cc2c(CN3CCC(N)CC3)cccc2[nH]1. The Hall–Kier alpha value is -1.32. The number of nitrogens with two attached hydrogens (primary N) is 1. The average Bonchev–Trinajstić information content (AvgIpc) is 2.87. The van der Waals surface area contributed by atoms with E-state index in [1.807, 2.05) is 0 Å². The van der Waals surface area contributed by atoms with Gasteiger partial charge in [0, 0.05) is 29.2 Å². The number of likely N-dealkylation sites (tertiary alicyclic amines) is 1. The smallest absolute Gasteiger partial charge is 0.0459 e. The molecule has 0 atom stereocenters. The van der Waals surface area contributed by atoms with E-state index in [-0.39, 0.29) is 0 Å². The molecular formula is C17H25N3. The van der Waals surface area contributed by atoms with Crippen LogP contribution in [-0.2, 0) is 6.54 Å². The monoisotopic (exact) mass is 271 g/mol. The van der Waals surface area contributed by atoms with Gasteiger partial charge in [-0.25, -0.2) is 0 Å². The van der Waals surface area contributed by atoms with Gasteiger partial charge in [0.2, 0.25) is 0 Å². The quantitative estimate of drug-likeness (QED) is 0.900. The third kappa shape index (κ3) is 2.74. The molecule has 20 heavy (non-hydrogen) atoms. The second-order valence-corrected chi connectivity index (χ2v) is 6.37. The molecule has 3 rings (SSSR count). The van der Waals surface area contributed by atoms with Gasteiger partial charge in [-0.3, -0.25) is 4.90 Å². The van der Waals surface area contributed by atoms with Crippen LogP contribution in [0.15, 0.2) is 24.3 Å². The first kappa shape index (κ1) is 13.7. The summed E-state index contributed by atoms with van der Waals surface area (Å²) in [4.78, 5) is 6.07. The van der Waals surface area contributed by atoms with Crippen molar-refractivity contribution in [2.75, 3.05) is 13.1 Å². The normalized spacial score (nSPS) is 18.2. The maximum Gasteiger partial charge on any atom is 0.0459 e. The van der Waals surface area contributed by atoms with Gasteiger partial charge >= 0.3 is 0 Å². The summed E-state index contributed by atoms with van der Waals surface area (Å²) in [6.07, 6.45) is 2.25. The molecule has 0 spiro atoms. The Labute approximate surface area is 121 Å². The number of hydrogen-bond donors (Lipinski definition) is 2. The minimum absolute atomic E-state index is 0.404. The Morgan fingerprint density at radius 3 is 2.75 bits per heavy atom. The minimum Gasteiger partial charge on any atom is -0.358 e. The van der Waals surface area contributed by atoms with E-state index >= 15 is 0 Å². The van der Waals surface area contributed by atoms with Crippen LogP contribution < -0.4 is 5.73 Å². The van der Waals surface area contributed by atoms with Crippen LogP contribution in [-0.4, -0.2) is 29.0 Å². The highest BCUT2D eigenvalue weighted by atomic mass is 15.1. The Morgan fingerprint density at radius 1 is 1.30 bits per heavy atom. The topological polar surface area (TPSA) is 45.0 Å². The largest absolute Gasteiger partial charge is 0.358 e. The van der Waals surface area contributed by atoms with Crippen LogP contribution in [0.2, 0.25) is 0 Å². The number of aromatic amines is 1. The van der Waals surface area contributed by atoms with Crippen molar-refractivity contribution in [3.05, 3.63) is 35.5 Å². The van der Waals surface area contributed by atoms with Crippen molar-refractivity contribution >= 4 is 10.9 Å². The summed E-state index contributed by atoms with van der Waals surface area (Å²) in [7, 11) is 0. The number of hydrogen-bond acceptors (Lipinski definition) is 2. The number of benzene rings is 1. The van der Waals surface area contributed by atoms with Gasteiger partial charge in [-0.05, 0) is 49.5 Å². The number of fused-ring (bicyclic) bond motifs is 1. The molecule has 1 aromatic heterocycles. The lowest BCUT2D eigenvalue weighted by Crippen LogP contribution is -2.39. The van der Waals surface area contributed by atoms with Gasteiger partial charge in [0.25, 0.3) is 0 Å². The Morgan fingerprint density at radius 2 is 2.05 bits per heavy atom. The zero-order chi connectivity index (χ0) is 14.1. The lowest BCUT2D eigenvalue weighted by molar-refractivity contribution is 0.206. The summed E-state index contributed by atoms with van der Waals surface area (Å²) in [5, 5.41) is 1.38. The highest BCUT2D eigenvalue weighted by Crippen LogP contribution is 2.25. The van der Waals surface area contributed by atoms with Crippen molar-refractivity contribution in [1.29, 1.82) is 0 Å². The van der Waals surface area contributed by atoms with Gasteiger partial charge in [-0.2, -0.15) is 0 Å². The van der Waals surface area contributed by atoms with Crippen LogP contribution in [0, 0.1) is 0 Å². The molecule has 0 amide bonds. The molecule has 1 aliphatic rings. The molecule has 3 N–H and O–H groups in total. The molecule has 3 nitrogen and oxygen atoms in total. The van der Waals surface area contributed by atoms with E-state index in [9.17, 15) is 0 Å². The number of rotatable bonds is 3. The number of piperidine rings is 1. The molecule has 2 aromatic rings. The molecule has 1 aliphatic heterocycles. The zero-order valence-corrected chi connectivity index (χ0v) is 12.5. The summed E-state index contributed by atoms with van der Waals surface area (Å²) in [5.41, 5.74) is 10.0. The van der Waals surface area contributed by atoms with E-state index < -0.39 is 0 Å². The first-order valence-electron chi connectivity index (χ1n) is 7.72. The second-order valence-electron chi connectivity index (χ2n) is 6.37. The van der Waals surface area contributed by atoms with E-state index in [1.165, 1.54) is 22.2 Å². The predicted molar refractivity (Wildman–Crippen MR) is 84.9 cm³/mol. The molecule has 1 saturated heterocycles. The Bertz CT molecular complexity index is 577. The van der Waals surface area contributed by atoms with Crippen LogP contribution >= 0.6 is 0 Å². The van der Waals surface area contributed by atoms with Crippen molar-refractivity contribution < 1.29 is 0 Å². The third-order valence-corrected chi connectivity index (χ3v) is 4.42. The summed E-state index contributed by atoms with van der Waals surface area (Å²) in [6.45, 7) is 7.75. The molecule has 2 heterocycles. The van der Waals surface area contributed by atoms with Gasteiger partial charge in [-0.1, -0.05) is 26.0 Å². The van der Waals surface area contributed by atoms with E-state index in [0.717, 1.165) is 32.5 Å². The average molecular weight is 271 g/mol. The van der Waals surface area contributed by atoms with Gasteiger partial charge in [0.1, 0.15) is 0 Å². The van der Waals surface area contributed by atoms with E-state index in [4.69, 9.17) is 5.73 Å². The molecule has 3 heteroatoms. The molecule has 0 radical (unpaired) electrons. The van der Waals surface area contributed by atoms with Crippen LogP contribution in [0.1, 0.15) is 43.9 Å². The fourth-order valence-electron chi connectivity index (χ4n) is 3.04. The molecule has 0 saturated carbocycles. The molecule has 1 aromatic carbocycles. The van der Waals surface area contributed by atoms with Crippen LogP contribution in [0.5, 0.6) is 0 Å². The Kier molecular flexibility index (Phi) is 3.81. The molecule has 0 unspecified atom stereocenters. The van der Waals surface area contributed by atoms with Crippen LogP contribution in [0.3, 0.4) is 0 Å². The van der Waals surface area contributed by atoms with Crippen LogP contribution in [0.4, 0.5) is 0 Å². The number of H-pyrrole nitrogens is 1. The highest BCUT2D eigenvalue weighted by molar-refractivity contribution is 5.84. The molecule has 108 valence electrons. The van der Waals surface area contributed by atoms with Crippen molar-refractivity contribution in [3.8, 4) is 0 Å². The van der Waals surface area contributed by atoms with E-state index in [2.05, 4.69) is 48.0 Å². The van der Waals surface area contributed by atoms with Gasteiger partial charge in [0.05, 0.1) is 0 Å². The summed E-state index contributed by atoms with van der Waals surface area (Å²) >= 11 is 0. The van der Waals surface area contributed by atoms with Crippen molar-refractivity contribution in [1.82, 2.24) is 9.88 Å². The van der Waals surface area contributed by atoms with Crippen LogP contribution in [0.25, 0.3) is 10.9 Å². The van der Waals surface area contributed by atoms with Gasteiger partial charge in [0.15, 0.2) is 0 Å². The third-order valence-electron chi connectivity index (χ3n) is 4.42. The number of aromatic nitrogens is 1. The summed E-state index contributed by atoms with van der Waals surface area (Å²) < 4.78 is 0. The standard InChI is InChI=1S/C17H25N3/c1-12(2)17-10-15-13(4-3-5-16(15)19-17)11-20-8-6-14(18)7-9-20/h3-5,10,12,14,19H,6-9,11,18H2,1-2H3. The minimum atomic E-state index is 0.404. The highest BCUT2D eigenvalue weighted by Gasteiger charge is 2.17. The molecule has 1 fully saturated rings.